The Balaban J connectivity index is 2.06. The van der Waals surface area contributed by atoms with Gasteiger partial charge in [-0.25, -0.2) is 0 Å². The molecule has 0 saturated carbocycles. The maximum atomic E-state index is 6.03. The number of hydrogen-bond donors (Lipinski definition) is 1. The number of hydrogen-bond acceptors (Lipinski definition) is 4. The summed E-state index contributed by atoms with van der Waals surface area (Å²) in [7, 11) is 1.68. The van der Waals surface area contributed by atoms with Gasteiger partial charge in [-0.15, -0.1) is 0 Å². The minimum Gasteiger partial charge on any atom is -0.496 e. The highest BCUT2D eigenvalue weighted by Gasteiger charge is 2.20. The van der Waals surface area contributed by atoms with E-state index in [0.29, 0.717) is 6.54 Å². The molecule has 2 N–H and O–H groups in total. The zero-order valence-electron chi connectivity index (χ0n) is 10.6. The van der Waals surface area contributed by atoms with Crippen molar-refractivity contribution in [3.63, 3.8) is 0 Å². The summed E-state index contributed by atoms with van der Waals surface area (Å²) in [5, 5.41) is 0.731. The summed E-state index contributed by atoms with van der Waals surface area (Å²) in [5.41, 5.74) is 6.74. The van der Waals surface area contributed by atoms with Crippen molar-refractivity contribution in [1.29, 1.82) is 0 Å². The minimum absolute atomic E-state index is 0.129. The normalized spacial score (nSPS) is 20.9. The van der Waals surface area contributed by atoms with Crippen LogP contribution in [0.5, 0.6) is 5.75 Å². The monoisotopic (exact) mass is 270 g/mol. The van der Waals surface area contributed by atoms with E-state index in [2.05, 4.69) is 4.90 Å². The largest absolute Gasteiger partial charge is 0.496 e. The van der Waals surface area contributed by atoms with Gasteiger partial charge in [-0.1, -0.05) is 11.6 Å². The van der Waals surface area contributed by atoms with Gasteiger partial charge in [0, 0.05) is 36.8 Å². The standard InChI is InChI=1S/C13H19ClN2O2/c1-17-13-3-2-11(14)6-10(13)8-16-4-5-18-12(7-15)9-16/h2-3,6,12H,4-5,7-9,15H2,1H3. The minimum atomic E-state index is 0.129. The first-order valence-corrected chi connectivity index (χ1v) is 6.47. The van der Waals surface area contributed by atoms with Crippen LogP contribution in [0.2, 0.25) is 5.02 Å². The van der Waals surface area contributed by atoms with Crippen LogP contribution in [0.15, 0.2) is 18.2 Å². The van der Waals surface area contributed by atoms with Crippen molar-refractivity contribution < 1.29 is 9.47 Å². The van der Waals surface area contributed by atoms with Crippen molar-refractivity contribution in [3.05, 3.63) is 28.8 Å². The van der Waals surface area contributed by atoms with E-state index in [4.69, 9.17) is 26.8 Å². The Morgan fingerprint density at radius 2 is 2.39 bits per heavy atom. The van der Waals surface area contributed by atoms with E-state index in [-0.39, 0.29) is 6.10 Å². The molecule has 5 heteroatoms. The fraction of sp³-hybridized carbons (Fsp3) is 0.538. The molecule has 1 atom stereocenters. The van der Waals surface area contributed by atoms with Crippen molar-refractivity contribution >= 4 is 11.6 Å². The van der Waals surface area contributed by atoms with Crippen molar-refractivity contribution in [1.82, 2.24) is 4.90 Å². The Labute approximate surface area is 113 Å². The van der Waals surface area contributed by atoms with Crippen LogP contribution in [0.3, 0.4) is 0 Å². The molecule has 4 nitrogen and oxygen atoms in total. The fourth-order valence-electron chi connectivity index (χ4n) is 2.18. The first-order chi connectivity index (χ1) is 8.72. The molecule has 0 amide bonds. The summed E-state index contributed by atoms with van der Waals surface area (Å²) < 4.78 is 10.9. The van der Waals surface area contributed by atoms with Gasteiger partial charge < -0.3 is 15.2 Å². The van der Waals surface area contributed by atoms with Crippen molar-refractivity contribution in [3.8, 4) is 5.75 Å². The van der Waals surface area contributed by atoms with Gasteiger partial charge in [-0.2, -0.15) is 0 Å². The van der Waals surface area contributed by atoms with Crippen molar-refractivity contribution in [2.24, 2.45) is 5.73 Å². The number of morpholine rings is 1. The molecule has 1 aliphatic heterocycles. The van der Waals surface area contributed by atoms with Gasteiger partial charge in [0.05, 0.1) is 19.8 Å². The topological polar surface area (TPSA) is 47.7 Å². The third-order valence-corrected chi connectivity index (χ3v) is 3.36. The highest BCUT2D eigenvalue weighted by atomic mass is 35.5. The SMILES string of the molecule is COc1ccc(Cl)cc1CN1CCOC(CN)C1. The average Bonchev–Trinajstić information content (AvgIpc) is 2.39. The second-order valence-corrected chi connectivity index (χ2v) is 4.86. The Bertz CT molecular complexity index is 401. The van der Waals surface area contributed by atoms with Crippen LogP contribution in [-0.2, 0) is 11.3 Å². The fourth-order valence-corrected chi connectivity index (χ4v) is 2.37. The summed E-state index contributed by atoms with van der Waals surface area (Å²) in [6.07, 6.45) is 0.129. The first kappa shape index (κ1) is 13.6. The summed E-state index contributed by atoms with van der Waals surface area (Å²) in [6, 6.07) is 5.69. The van der Waals surface area contributed by atoms with Crippen LogP contribution in [0.25, 0.3) is 0 Å². The van der Waals surface area contributed by atoms with Crippen molar-refractivity contribution in [2.45, 2.75) is 12.6 Å². The molecule has 0 aliphatic carbocycles. The number of nitrogens with zero attached hydrogens (tertiary/aromatic N) is 1. The summed E-state index contributed by atoms with van der Waals surface area (Å²) >= 11 is 6.03. The smallest absolute Gasteiger partial charge is 0.123 e. The molecule has 1 aromatic rings. The summed E-state index contributed by atoms with van der Waals surface area (Å²) in [5.74, 6) is 0.871. The average molecular weight is 271 g/mol. The van der Waals surface area contributed by atoms with Crippen LogP contribution in [0.1, 0.15) is 5.56 Å². The maximum Gasteiger partial charge on any atom is 0.123 e. The van der Waals surface area contributed by atoms with E-state index in [9.17, 15) is 0 Å². The molecule has 0 aromatic heterocycles. The Kier molecular flexibility index (Phi) is 4.83. The second-order valence-electron chi connectivity index (χ2n) is 4.42. The van der Waals surface area contributed by atoms with Gasteiger partial charge in [0.1, 0.15) is 5.75 Å². The van der Waals surface area contributed by atoms with E-state index in [0.717, 1.165) is 42.6 Å². The van der Waals surface area contributed by atoms with Crippen LogP contribution < -0.4 is 10.5 Å². The lowest BCUT2D eigenvalue weighted by molar-refractivity contribution is -0.0262. The Hall–Kier alpha value is -0.810. The number of ether oxygens (including phenoxy) is 2. The molecule has 1 fully saturated rings. The van der Waals surface area contributed by atoms with Crippen LogP contribution in [0.4, 0.5) is 0 Å². The lowest BCUT2D eigenvalue weighted by Gasteiger charge is -2.32. The van der Waals surface area contributed by atoms with Gasteiger partial charge in [0.25, 0.3) is 0 Å². The molecular formula is C13H19ClN2O2. The van der Waals surface area contributed by atoms with Crippen LogP contribution >= 0.6 is 11.6 Å². The molecule has 1 aliphatic rings. The predicted octanol–water partition coefficient (Wildman–Crippen LogP) is 1.51. The lowest BCUT2D eigenvalue weighted by Crippen LogP contribution is -2.45. The van der Waals surface area contributed by atoms with Gasteiger partial charge >= 0.3 is 0 Å². The second kappa shape index (κ2) is 6.38. The van der Waals surface area contributed by atoms with E-state index in [1.807, 2.05) is 18.2 Å². The number of benzene rings is 1. The number of methoxy groups -OCH3 is 1. The van der Waals surface area contributed by atoms with Gasteiger partial charge in [-0.05, 0) is 18.2 Å². The quantitative estimate of drug-likeness (QED) is 0.901. The number of nitrogens with two attached hydrogens (primary N) is 1. The molecule has 100 valence electrons. The lowest BCUT2D eigenvalue weighted by atomic mass is 10.1. The van der Waals surface area contributed by atoms with Gasteiger partial charge in [-0.3, -0.25) is 4.90 Å². The molecule has 2 rings (SSSR count). The zero-order chi connectivity index (χ0) is 13.0. The number of halogens is 1. The molecular weight excluding hydrogens is 252 g/mol. The van der Waals surface area contributed by atoms with Crippen LogP contribution in [-0.4, -0.2) is 44.4 Å². The van der Waals surface area contributed by atoms with E-state index in [1.54, 1.807) is 7.11 Å². The Morgan fingerprint density at radius 3 is 3.11 bits per heavy atom. The first-order valence-electron chi connectivity index (χ1n) is 6.09. The Morgan fingerprint density at radius 1 is 1.56 bits per heavy atom. The third-order valence-electron chi connectivity index (χ3n) is 3.12. The molecule has 1 saturated heterocycles. The molecule has 1 aromatic carbocycles. The highest BCUT2D eigenvalue weighted by molar-refractivity contribution is 6.30. The molecule has 1 heterocycles. The van der Waals surface area contributed by atoms with E-state index >= 15 is 0 Å². The predicted molar refractivity (Wildman–Crippen MR) is 72.1 cm³/mol. The van der Waals surface area contributed by atoms with Gasteiger partial charge in [0.15, 0.2) is 0 Å². The summed E-state index contributed by atoms with van der Waals surface area (Å²) in [4.78, 5) is 2.31. The molecule has 18 heavy (non-hydrogen) atoms. The molecule has 0 spiro atoms. The zero-order valence-corrected chi connectivity index (χ0v) is 11.3. The van der Waals surface area contributed by atoms with E-state index in [1.165, 1.54) is 0 Å². The van der Waals surface area contributed by atoms with E-state index < -0.39 is 0 Å². The molecule has 0 radical (unpaired) electrons. The molecule has 0 bridgehead atoms. The highest BCUT2D eigenvalue weighted by Crippen LogP contribution is 2.24. The number of rotatable bonds is 4. The van der Waals surface area contributed by atoms with Crippen molar-refractivity contribution in [2.75, 3.05) is 33.4 Å². The van der Waals surface area contributed by atoms with Crippen LogP contribution in [0, 0.1) is 0 Å². The third kappa shape index (κ3) is 3.36. The van der Waals surface area contributed by atoms with Gasteiger partial charge in [0.2, 0.25) is 0 Å². The maximum absolute atomic E-state index is 6.03. The molecule has 1 unspecified atom stereocenters. The summed E-state index contributed by atoms with van der Waals surface area (Å²) in [6.45, 7) is 3.86.